The highest BCUT2D eigenvalue weighted by atomic mass is 32.2. The maximum atomic E-state index is 13.4. The minimum Gasteiger partial charge on any atom is -0.388 e. The summed E-state index contributed by atoms with van der Waals surface area (Å²) >= 11 is 0. The summed E-state index contributed by atoms with van der Waals surface area (Å²) in [5, 5.41) is 18.6. The number of sulfonamides is 1. The molecule has 3 N–H and O–H groups in total. The van der Waals surface area contributed by atoms with Crippen molar-refractivity contribution in [2.24, 2.45) is 5.14 Å². The molecule has 0 aliphatic carbocycles. The average Bonchev–Trinajstić information content (AvgIpc) is 2.97. The molecule has 0 saturated heterocycles. The molecule has 0 amide bonds. The molecular formula is C16H15FN4O3S. The van der Waals surface area contributed by atoms with Crippen molar-refractivity contribution in [3.05, 3.63) is 71.6 Å². The number of benzene rings is 2. The highest BCUT2D eigenvalue weighted by Gasteiger charge is 2.14. The van der Waals surface area contributed by atoms with Gasteiger partial charge < -0.3 is 5.11 Å². The molecule has 0 atom stereocenters. The fourth-order valence-corrected chi connectivity index (χ4v) is 2.90. The van der Waals surface area contributed by atoms with Gasteiger partial charge in [0.05, 0.1) is 10.6 Å². The molecule has 0 bridgehead atoms. The topological polar surface area (TPSA) is 111 Å². The van der Waals surface area contributed by atoms with Crippen molar-refractivity contribution < 1.29 is 17.9 Å². The number of aromatic nitrogens is 3. The van der Waals surface area contributed by atoms with Crippen molar-refractivity contribution in [1.82, 2.24) is 14.8 Å². The number of hydrogen-bond acceptors (Lipinski definition) is 5. The van der Waals surface area contributed by atoms with E-state index in [1.165, 1.54) is 41.1 Å². The summed E-state index contributed by atoms with van der Waals surface area (Å²) < 4.78 is 37.5. The molecule has 0 spiro atoms. The molecule has 1 aromatic heterocycles. The van der Waals surface area contributed by atoms with E-state index in [1.807, 2.05) is 0 Å². The maximum absolute atomic E-state index is 13.4. The summed E-state index contributed by atoms with van der Waals surface area (Å²) in [6, 6.07) is 11.9. The highest BCUT2D eigenvalue weighted by molar-refractivity contribution is 7.89. The van der Waals surface area contributed by atoms with Crippen LogP contribution in [0.5, 0.6) is 0 Å². The molecule has 3 rings (SSSR count). The zero-order valence-electron chi connectivity index (χ0n) is 13.0. The molecule has 1 heterocycles. The fraction of sp³-hybridized carbons (Fsp3) is 0.125. The lowest BCUT2D eigenvalue weighted by atomic mass is 10.1. The van der Waals surface area contributed by atoms with E-state index in [0.717, 1.165) is 0 Å². The Kier molecular flexibility index (Phi) is 4.62. The third-order valence-corrected chi connectivity index (χ3v) is 4.45. The van der Waals surface area contributed by atoms with Gasteiger partial charge in [-0.05, 0) is 42.0 Å². The number of rotatable bonds is 5. The van der Waals surface area contributed by atoms with Crippen LogP contribution in [0.1, 0.15) is 17.2 Å². The Morgan fingerprint density at radius 2 is 1.88 bits per heavy atom. The second kappa shape index (κ2) is 6.71. The van der Waals surface area contributed by atoms with Gasteiger partial charge in [0.25, 0.3) is 0 Å². The summed E-state index contributed by atoms with van der Waals surface area (Å²) in [6.45, 7) is -0.349. The fourth-order valence-electron chi connectivity index (χ4n) is 2.39. The van der Waals surface area contributed by atoms with Crippen molar-refractivity contribution in [3.63, 3.8) is 0 Å². The van der Waals surface area contributed by atoms with Crippen LogP contribution in [0.3, 0.4) is 0 Å². The zero-order chi connectivity index (χ0) is 18.0. The third-order valence-electron chi connectivity index (χ3n) is 3.52. The van der Waals surface area contributed by atoms with Crippen molar-refractivity contribution in [2.75, 3.05) is 0 Å². The van der Waals surface area contributed by atoms with E-state index < -0.39 is 10.0 Å². The molecule has 3 aromatic rings. The molecule has 25 heavy (non-hydrogen) atoms. The Morgan fingerprint density at radius 3 is 2.48 bits per heavy atom. The molecule has 2 aromatic carbocycles. The molecule has 0 radical (unpaired) electrons. The first-order valence-electron chi connectivity index (χ1n) is 7.30. The van der Waals surface area contributed by atoms with Gasteiger partial charge in [-0.3, -0.25) is 0 Å². The Hall–Kier alpha value is -2.62. The summed E-state index contributed by atoms with van der Waals surface area (Å²) in [7, 11) is -3.79. The number of nitrogens with two attached hydrogens (primary N) is 1. The molecule has 0 fully saturated rings. The predicted octanol–water partition coefficient (Wildman–Crippen LogP) is 1.14. The zero-order valence-corrected chi connectivity index (χ0v) is 13.8. The van der Waals surface area contributed by atoms with E-state index >= 15 is 0 Å². The van der Waals surface area contributed by atoms with Crippen molar-refractivity contribution >= 4 is 10.0 Å². The van der Waals surface area contributed by atoms with Crippen molar-refractivity contribution in [1.29, 1.82) is 0 Å². The van der Waals surface area contributed by atoms with Gasteiger partial charge in [-0.1, -0.05) is 12.1 Å². The van der Waals surface area contributed by atoms with E-state index in [1.54, 1.807) is 12.1 Å². The second-order valence-corrected chi connectivity index (χ2v) is 6.92. The Balaban J connectivity index is 1.99. The van der Waals surface area contributed by atoms with Crippen LogP contribution in [0.15, 0.2) is 53.4 Å². The number of primary sulfonamides is 1. The first-order chi connectivity index (χ1) is 11.9. The van der Waals surface area contributed by atoms with Crippen LogP contribution in [0, 0.1) is 5.82 Å². The van der Waals surface area contributed by atoms with Gasteiger partial charge in [-0.2, -0.15) is 0 Å². The maximum Gasteiger partial charge on any atom is 0.238 e. The monoisotopic (exact) mass is 362 g/mol. The molecule has 7 nitrogen and oxygen atoms in total. The van der Waals surface area contributed by atoms with Gasteiger partial charge >= 0.3 is 0 Å². The SMILES string of the molecule is NS(=O)(=O)c1ccc(-n2nc(CO)nc2Cc2cccc(F)c2)cc1. The van der Waals surface area contributed by atoms with Crippen LogP contribution in [0.2, 0.25) is 0 Å². The molecule has 0 unspecified atom stereocenters. The second-order valence-electron chi connectivity index (χ2n) is 5.36. The van der Waals surface area contributed by atoms with E-state index in [0.29, 0.717) is 23.5 Å². The number of aliphatic hydroxyl groups excluding tert-OH is 1. The molecule has 0 aliphatic rings. The molecule has 130 valence electrons. The third kappa shape index (κ3) is 3.90. The first-order valence-corrected chi connectivity index (χ1v) is 8.85. The lowest BCUT2D eigenvalue weighted by Crippen LogP contribution is -2.12. The molecule has 9 heteroatoms. The van der Waals surface area contributed by atoms with Crippen molar-refractivity contribution in [3.8, 4) is 5.69 Å². The van der Waals surface area contributed by atoms with Gasteiger partial charge in [-0.25, -0.2) is 27.6 Å². The average molecular weight is 362 g/mol. The first kappa shape index (κ1) is 17.2. The number of aliphatic hydroxyl groups is 1. The number of halogens is 1. The number of nitrogens with zero attached hydrogens (tertiary/aromatic N) is 3. The summed E-state index contributed by atoms with van der Waals surface area (Å²) in [4.78, 5) is 4.21. The quantitative estimate of drug-likeness (QED) is 0.707. The summed E-state index contributed by atoms with van der Waals surface area (Å²) in [5.74, 6) is 0.336. The Labute approximate surface area is 143 Å². The van der Waals surface area contributed by atoms with Crippen LogP contribution in [0.25, 0.3) is 5.69 Å². The Bertz CT molecular complexity index is 1000. The summed E-state index contributed by atoms with van der Waals surface area (Å²) in [5.41, 5.74) is 1.24. The van der Waals surface area contributed by atoms with E-state index in [-0.39, 0.29) is 23.1 Å². The lowest BCUT2D eigenvalue weighted by molar-refractivity contribution is 0.271. The van der Waals surface area contributed by atoms with E-state index in [4.69, 9.17) is 5.14 Å². The normalized spacial score (nSPS) is 11.6. The largest absolute Gasteiger partial charge is 0.388 e. The van der Waals surface area contributed by atoms with Crippen LogP contribution in [0.4, 0.5) is 4.39 Å². The van der Waals surface area contributed by atoms with Gasteiger partial charge in [-0.15, -0.1) is 5.10 Å². The van der Waals surface area contributed by atoms with Gasteiger partial charge in [0.1, 0.15) is 18.2 Å². The van der Waals surface area contributed by atoms with Crippen molar-refractivity contribution in [2.45, 2.75) is 17.9 Å². The molecular weight excluding hydrogens is 347 g/mol. The predicted molar refractivity (Wildman–Crippen MR) is 87.9 cm³/mol. The van der Waals surface area contributed by atoms with Gasteiger partial charge in [0.2, 0.25) is 10.0 Å². The van der Waals surface area contributed by atoms with E-state index in [9.17, 15) is 17.9 Å². The minimum atomic E-state index is -3.79. The summed E-state index contributed by atoms with van der Waals surface area (Å²) in [6.07, 6.45) is 0.293. The van der Waals surface area contributed by atoms with Gasteiger partial charge in [0, 0.05) is 6.42 Å². The van der Waals surface area contributed by atoms with Crippen LogP contribution in [-0.2, 0) is 23.1 Å². The van der Waals surface area contributed by atoms with E-state index in [2.05, 4.69) is 10.1 Å². The van der Waals surface area contributed by atoms with Gasteiger partial charge in [0.15, 0.2) is 5.82 Å². The number of hydrogen-bond donors (Lipinski definition) is 2. The van der Waals surface area contributed by atoms with Crippen LogP contribution in [-0.4, -0.2) is 28.3 Å². The molecule has 0 saturated carbocycles. The van der Waals surface area contributed by atoms with Crippen LogP contribution >= 0.6 is 0 Å². The standard InChI is InChI=1S/C16H15FN4O3S/c17-12-3-1-2-11(8-12)9-16-19-15(10-22)20-21(16)13-4-6-14(7-5-13)25(18,23)24/h1-8,22H,9-10H2,(H2,18,23,24). The highest BCUT2D eigenvalue weighted by Crippen LogP contribution is 2.17. The Morgan fingerprint density at radius 1 is 1.16 bits per heavy atom. The lowest BCUT2D eigenvalue weighted by Gasteiger charge is -2.07. The smallest absolute Gasteiger partial charge is 0.238 e. The van der Waals surface area contributed by atoms with Crippen LogP contribution < -0.4 is 5.14 Å². The molecule has 0 aliphatic heterocycles. The minimum absolute atomic E-state index is 0.0228.